The minimum atomic E-state index is 0.284. The minimum absolute atomic E-state index is 0.284. The molecular weight excluding hydrogens is 334 g/mol. The maximum atomic E-state index is 5.43. The number of hydrogen-bond acceptors (Lipinski definition) is 3. The zero-order chi connectivity index (χ0) is 14.7. The number of nitrogens with one attached hydrogen (secondary N) is 2. The van der Waals surface area contributed by atoms with Gasteiger partial charge in [0.25, 0.3) is 0 Å². The van der Waals surface area contributed by atoms with E-state index in [0.29, 0.717) is 6.54 Å². The molecule has 3 rings (SSSR count). The number of aliphatic imine (C=N–C) groups is 1. The minimum Gasteiger partial charge on any atom is -0.454 e. The molecule has 0 bridgehead atoms. The fourth-order valence-electron chi connectivity index (χ4n) is 2.19. The molecule has 1 aliphatic carbocycles. The third-order valence-electron chi connectivity index (χ3n) is 3.51. The monoisotopic (exact) mass is 353 g/mol. The summed E-state index contributed by atoms with van der Waals surface area (Å²) in [5, 5.41) is 6.67. The van der Waals surface area contributed by atoms with Gasteiger partial charge in [0.05, 0.1) is 11.0 Å². The molecule has 1 aromatic carbocycles. The van der Waals surface area contributed by atoms with E-state index in [-0.39, 0.29) is 6.79 Å². The van der Waals surface area contributed by atoms with E-state index in [1.54, 1.807) is 0 Å². The van der Waals surface area contributed by atoms with Crippen LogP contribution in [0.1, 0.15) is 25.3 Å². The van der Waals surface area contributed by atoms with E-state index in [4.69, 9.17) is 9.47 Å². The van der Waals surface area contributed by atoms with Crippen molar-refractivity contribution in [3.63, 3.8) is 0 Å². The first-order valence-corrected chi connectivity index (χ1v) is 8.15. The van der Waals surface area contributed by atoms with Crippen molar-refractivity contribution in [3.8, 4) is 11.5 Å². The molecule has 0 aromatic heterocycles. The van der Waals surface area contributed by atoms with E-state index in [1.807, 2.05) is 12.1 Å². The molecule has 1 saturated carbocycles. The van der Waals surface area contributed by atoms with Gasteiger partial charge in [0.1, 0.15) is 0 Å². The van der Waals surface area contributed by atoms with Crippen molar-refractivity contribution in [2.75, 3.05) is 19.9 Å². The van der Waals surface area contributed by atoms with E-state index in [0.717, 1.165) is 46.5 Å². The van der Waals surface area contributed by atoms with Crippen LogP contribution in [-0.2, 0) is 6.54 Å². The molecule has 0 spiro atoms. The van der Waals surface area contributed by atoms with Crippen molar-refractivity contribution >= 4 is 21.9 Å². The molecular formula is C15H20BrN3O2. The van der Waals surface area contributed by atoms with Crippen molar-refractivity contribution in [1.29, 1.82) is 0 Å². The molecule has 0 atom stereocenters. The lowest BCUT2D eigenvalue weighted by atomic mass is 10.2. The van der Waals surface area contributed by atoms with Crippen LogP contribution in [0.15, 0.2) is 21.6 Å². The Morgan fingerprint density at radius 3 is 2.95 bits per heavy atom. The van der Waals surface area contributed by atoms with Crippen molar-refractivity contribution < 1.29 is 9.47 Å². The van der Waals surface area contributed by atoms with Crippen molar-refractivity contribution in [2.24, 2.45) is 10.9 Å². The Bertz CT molecular complexity index is 544. The summed E-state index contributed by atoms with van der Waals surface area (Å²) in [6.45, 7) is 4.84. The Balaban J connectivity index is 1.65. The van der Waals surface area contributed by atoms with Gasteiger partial charge in [0, 0.05) is 13.1 Å². The standard InChI is InChI=1S/C15H20BrN3O2/c1-2-17-15(18-7-10-3-4-10)19-8-11-5-12(16)14-13(6-11)20-9-21-14/h5-6,10H,2-4,7-9H2,1H3,(H2,17,18,19). The van der Waals surface area contributed by atoms with Crippen LogP contribution in [0.3, 0.4) is 0 Å². The molecule has 1 aliphatic heterocycles. The maximum Gasteiger partial charge on any atom is 0.231 e. The van der Waals surface area contributed by atoms with E-state index < -0.39 is 0 Å². The molecule has 0 saturated heterocycles. The summed E-state index contributed by atoms with van der Waals surface area (Å²) in [5.74, 6) is 3.26. The molecule has 6 heteroatoms. The quantitative estimate of drug-likeness (QED) is 0.631. The van der Waals surface area contributed by atoms with Crippen LogP contribution in [0, 0.1) is 5.92 Å². The second kappa shape index (κ2) is 6.56. The summed E-state index contributed by atoms with van der Waals surface area (Å²) >= 11 is 3.51. The Hall–Kier alpha value is -1.43. The van der Waals surface area contributed by atoms with E-state index in [2.05, 4.69) is 38.5 Å². The largest absolute Gasteiger partial charge is 0.454 e. The molecule has 1 aromatic rings. The highest BCUT2D eigenvalue weighted by Gasteiger charge is 2.21. The molecule has 1 fully saturated rings. The molecule has 114 valence electrons. The van der Waals surface area contributed by atoms with Gasteiger partial charge in [-0.3, -0.25) is 0 Å². The van der Waals surface area contributed by atoms with Crippen LogP contribution >= 0.6 is 15.9 Å². The third kappa shape index (κ3) is 3.81. The molecule has 0 radical (unpaired) electrons. The van der Waals surface area contributed by atoms with Crippen LogP contribution < -0.4 is 20.1 Å². The highest BCUT2D eigenvalue weighted by molar-refractivity contribution is 9.10. The highest BCUT2D eigenvalue weighted by atomic mass is 79.9. The average Bonchev–Trinajstić information content (AvgIpc) is 3.18. The van der Waals surface area contributed by atoms with Crippen LogP contribution in [0.5, 0.6) is 11.5 Å². The van der Waals surface area contributed by atoms with Crippen molar-refractivity contribution in [1.82, 2.24) is 10.6 Å². The molecule has 2 aliphatic rings. The summed E-state index contributed by atoms with van der Waals surface area (Å²) in [4.78, 5) is 4.63. The summed E-state index contributed by atoms with van der Waals surface area (Å²) in [5.41, 5.74) is 1.09. The Morgan fingerprint density at radius 2 is 2.19 bits per heavy atom. The number of halogens is 1. The predicted molar refractivity (Wildman–Crippen MR) is 85.8 cm³/mol. The lowest BCUT2D eigenvalue weighted by molar-refractivity contribution is 0.173. The van der Waals surface area contributed by atoms with E-state index in [1.165, 1.54) is 12.8 Å². The van der Waals surface area contributed by atoms with Gasteiger partial charge in [0.2, 0.25) is 6.79 Å². The second-order valence-corrected chi connectivity index (χ2v) is 6.19. The summed E-state index contributed by atoms with van der Waals surface area (Å²) in [6, 6.07) is 4.02. The summed E-state index contributed by atoms with van der Waals surface area (Å²) < 4.78 is 11.7. The smallest absolute Gasteiger partial charge is 0.231 e. The number of ether oxygens (including phenoxy) is 2. The lowest BCUT2D eigenvalue weighted by Gasteiger charge is -2.11. The zero-order valence-electron chi connectivity index (χ0n) is 12.1. The van der Waals surface area contributed by atoms with Gasteiger partial charge in [-0.05, 0) is 59.3 Å². The lowest BCUT2D eigenvalue weighted by Crippen LogP contribution is -2.38. The first-order valence-electron chi connectivity index (χ1n) is 7.36. The Labute approximate surface area is 133 Å². The van der Waals surface area contributed by atoms with Gasteiger partial charge < -0.3 is 20.1 Å². The Morgan fingerprint density at radius 1 is 1.33 bits per heavy atom. The SMILES string of the molecule is CCNC(=NCc1cc(Br)c2c(c1)OCO2)NCC1CC1. The second-order valence-electron chi connectivity index (χ2n) is 5.33. The molecule has 21 heavy (non-hydrogen) atoms. The van der Waals surface area contributed by atoms with E-state index >= 15 is 0 Å². The number of rotatable bonds is 5. The van der Waals surface area contributed by atoms with Gasteiger partial charge in [-0.25, -0.2) is 4.99 Å². The number of benzene rings is 1. The Kier molecular flexibility index (Phi) is 4.53. The van der Waals surface area contributed by atoms with Gasteiger partial charge in [-0.1, -0.05) is 0 Å². The topological polar surface area (TPSA) is 54.9 Å². The highest BCUT2D eigenvalue weighted by Crippen LogP contribution is 2.40. The summed E-state index contributed by atoms with van der Waals surface area (Å²) in [7, 11) is 0. The van der Waals surface area contributed by atoms with Crippen LogP contribution in [0.2, 0.25) is 0 Å². The first-order chi connectivity index (χ1) is 10.3. The molecule has 2 N–H and O–H groups in total. The van der Waals surface area contributed by atoms with E-state index in [9.17, 15) is 0 Å². The van der Waals surface area contributed by atoms with Crippen LogP contribution in [-0.4, -0.2) is 25.8 Å². The first kappa shape index (κ1) is 14.5. The molecule has 0 unspecified atom stereocenters. The van der Waals surface area contributed by atoms with Gasteiger partial charge in [0.15, 0.2) is 17.5 Å². The fraction of sp³-hybridized carbons (Fsp3) is 0.533. The molecule has 0 amide bonds. The fourth-order valence-corrected chi connectivity index (χ4v) is 2.79. The normalized spacial score (nSPS) is 17.0. The number of hydrogen-bond donors (Lipinski definition) is 2. The predicted octanol–water partition coefficient (Wildman–Crippen LogP) is 2.64. The third-order valence-corrected chi connectivity index (χ3v) is 4.10. The number of nitrogens with zero attached hydrogens (tertiary/aromatic N) is 1. The van der Waals surface area contributed by atoms with Gasteiger partial charge in [-0.2, -0.15) is 0 Å². The number of guanidine groups is 1. The number of fused-ring (bicyclic) bond motifs is 1. The van der Waals surface area contributed by atoms with Gasteiger partial charge >= 0.3 is 0 Å². The maximum absolute atomic E-state index is 5.43. The van der Waals surface area contributed by atoms with Crippen LogP contribution in [0.25, 0.3) is 0 Å². The molecule has 5 nitrogen and oxygen atoms in total. The summed E-state index contributed by atoms with van der Waals surface area (Å²) in [6.07, 6.45) is 2.67. The average molecular weight is 354 g/mol. The zero-order valence-corrected chi connectivity index (χ0v) is 13.7. The van der Waals surface area contributed by atoms with Crippen LogP contribution in [0.4, 0.5) is 0 Å². The van der Waals surface area contributed by atoms with Gasteiger partial charge in [-0.15, -0.1) is 0 Å². The molecule has 1 heterocycles. The van der Waals surface area contributed by atoms with Crippen molar-refractivity contribution in [2.45, 2.75) is 26.3 Å². The van der Waals surface area contributed by atoms with Crippen molar-refractivity contribution in [3.05, 3.63) is 22.2 Å².